The predicted molar refractivity (Wildman–Crippen MR) is 81.5 cm³/mol. The molecule has 3 N–H and O–H groups in total. The van der Waals surface area contributed by atoms with E-state index < -0.39 is 11.9 Å². The van der Waals surface area contributed by atoms with Crippen LogP contribution in [0, 0.1) is 5.92 Å². The molecule has 0 aliphatic carbocycles. The first-order valence-electron chi connectivity index (χ1n) is 7.12. The number of nitrogens with one attached hydrogen (secondary N) is 3. The van der Waals surface area contributed by atoms with Crippen molar-refractivity contribution in [1.82, 2.24) is 5.32 Å². The molecule has 1 heterocycles. The van der Waals surface area contributed by atoms with Crippen LogP contribution in [0.25, 0.3) is 0 Å². The number of carbonyl (C=O) groups is 3. The number of amides is 4. The second-order valence-electron chi connectivity index (χ2n) is 5.12. The van der Waals surface area contributed by atoms with Gasteiger partial charge in [-0.15, -0.1) is 0 Å². The van der Waals surface area contributed by atoms with Crippen molar-refractivity contribution in [3.8, 4) is 0 Å². The van der Waals surface area contributed by atoms with Crippen molar-refractivity contribution in [3.05, 3.63) is 24.3 Å². The summed E-state index contributed by atoms with van der Waals surface area (Å²) in [4.78, 5) is 34.4. The first kappa shape index (κ1) is 16.0. The fraction of sp³-hybridized carbons (Fsp3) is 0.400. The lowest BCUT2D eigenvalue weighted by molar-refractivity contribution is -0.123. The van der Waals surface area contributed by atoms with Crippen LogP contribution in [0.5, 0.6) is 0 Å². The number of anilines is 2. The Hall–Kier alpha value is -2.41. The molecule has 0 spiro atoms. The minimum Gasteiger partial charge on any atom is -0.381 e. The average molecular weight is 305 g/mol. The molecular weight excluding hydrogens is 286 g/mol. The zero-order chi connectivity index (χ0) is 15.9. The Balaban J connectivity index is 1.94. The highest BCUT2D eigenvalue weighted by molar-refractivity contribution is 6.01. The molecule has 1 aromatic carbocycles. The molecule has 1 aliphatic heterocycles. The third kappa shape index (κ3) is 4.85. The number of ether oxygens (including phenoxy) is 1. The summed E-state index contributed by atoms with van der Waals surface area (Å²) in [7, 11) is 0. The summed E-state index contributed by atoms with van der Waals surface area (Å²) >= 11 is 0. The molecule has 118 valence electrons. The van der Waals surface area contributed by atoms with Gasteiger partial charge in [0.25, 0.3) is 0 Å². The lowest BCUT2D eigenvalue weighted by Crippen LogP contribution is -2.32. The molecule has 0 radical (unpaired) electrons. The van der Waals surface area contributed by atoms with Gasteiger partial charge in [-0.1, -0.05) is 6.07 Å². The van der Waals surface area contributed by atoms with Gasteiger partial charge in [-0.2, -0.15) is 0 Å². The van der Waals surface area contributed by atoms with E-state index >= 15 is 0 Å². The van der Waals surface area contributed by atoms with Gasteiger partial charge >= 0.3 is 6.03 Å². The number of imide groups is 1. The van der Waals surface area contributed by atoms with E-state index in [1.165, 1.54) is 6.92 Å². The van der Waals surface area contributed by atoms with Crippen molar-refractivity contribution in [2.45, 2.75) is 19.8 Å². The fourth-order valence-corrected chi connectivity index (χ4v) is 2.19. The SMILES string of the molecule is CC(=O)NC(=O)Nc1cccc(NC(=O)C2CCCOC2)c1. The highest BCUT2D eigenvalue weighted by Gasteiger charge is 2.21. The minimum atomic E-state index is -0.614. The van der Waals surface area contributed by atoms with E-state index in [4.69, 9.17) is 4.74 Å². The molecule has 0 aromatic heterocycles. The molecule has 7 nitrogen and oxygen atoms in total. The second kappa shape index (κ2) is 7.56. The van der Waals surface area contributed by atoms with Crippen LogP contribution >= 0.6 is 0 Å². The van der Waals surface area contributed by atoms with Gasteiger partial charge < -0.3 is 15.4 Å². The van der Waals surface area contributed by atoms with E-state index in [9.17, 15) is 14.4 Å². The zero-order valence-electron chi connectivity index (χ0n) is 12.3. The third-order valence-corrected chi connectivity index (χ3v) is 3.21. The van der Waals surface area contributed by atoms with Gasteiger partial charge in [0.15, 0.2) is 0 Å². The van der Waals surface area contributed by atoms with Crippen LogP contribution in [0.2, 0.25) is 0 Å². The Bertz CT molecular complexity index is 568. The molecule has 1 aromatic rings. The zero-order valence-corrected chi connectivity index (χ0v) is 12.3. The van der Waals surface area contributed by atoms with Crippen LogP contribution in [0.4, 0.5) is 16.2 Å². The lowest BCUT2D eigenvalue weighted by atomic mass is 10.0. The van der Waals surface area contributed by atoms with Gasteiger partial charge in [-0.3, -0.25) is 14.9 Å². The van der Waals surface area contributed by atoms with E-state index in [-0.39, 0.29) is 11.8 Å². The molecule has 4 amide bonds. The van der Waals surface area contributed by atoms with Crippen molar-refractivity contribution in [3.63, 3.8) is 0 Å². The van der Waals surface area contributed by atoms with Gasteiger partial charge in [0, 0.05) is 24.9 Å². The molecule has 7 heteroatoms. The van der Waals surface area contributed by atoms with E-state index in [0.717, 1.165) is 12.8 Å². The molecule has 22 heavy (non-hydrogen) atoms. The highest BCUT2D eigenvalue weighted by Crippen LogP contribution is 2.19. The first-order chi connectivity index (χ1) is 10.5. The van der Waals surface area contributed by atoms with Crippen LogP contribution in [-0.4, -0.2) is 31.1 Å². The Kier molecular flexibility index (Phi) is 5.48. The topological polar surface area (TPSA) is 96.5 Å². The summed E-state index contributed by atoms with van der Waals surface area (Å²) in [5, 5.41) is 7.44. The maximum atomic E-state index is 12.1. The smallest absolute Gasteiger partial charge is 0.325 e. The van der Waals surface area contributed by atoms with Crippen LogP contribution in [0.1, 0.15) is 19.8 Å². The molecule has 1 aliphatic rings. The Morgan fingerprint density at radius 2 is 1.91 bits per heavy atom. The largest absolute Gasteiger partial charge is 0.381 e. The average Bonchev–Trinajstić information content (AvgIpc) is 2.47. The maximum Gasteiger partial charge on any atom is 0.325 e. The lowest BCUT2D eigenvalue weighted by Gasteiger charge is -2.21. The summed E-state index contributed by atoms with van der Waals surface area (Å²) in [5.41, 5.74) is 1.06. The molecular formula is C15H19N3O4. The molecule has 2 rings (SSSR count). The number of rotatable bonds is 3. The highest BCUT2D eigenvalue weighted by atomic mass is 16.5. The van der Waals surface area contributed by atoms with Gasteiger partial charge in [0.2, 0.25) is 11.8 Å². The van der Waals surface area contributed by atoms with Crippen molar-refractivity contribution < 1.29 is 19.1 Å². The standard InChI is InChI=1S/C15H19N3O4/c1-10(19)16-15(21)18-13-6-2-5-12(8-13)17-14(20)11-4-3-7-22-9-11/h2,5-6,8,11H,3-4,7,9H2,1H3,(H,17,20)(H2,16,18,19,21). The van der Waals surface area contributed by atoms with Crippen LogP contribution in [0.15, 0.2) is 24.3 Å². The Morgan fingerprint density at radius 3 is 2.55 bits per heavy atom. The van der Waals surface area contributed by atoms with E-state index in [2.05, 4.69) is 16.0 Å². The Morgan fingerprint density at radius 1 is 1.18 bits per heavy atom. The summed E-state index contributed by atoms with van der Waals surface area (Å²) in [6.07, 6.45) is 1.69. The molecule has 1 atom stereocenters. The molecule has 0 saturated carbocycles. The number of hydrogen-bond donors (Lipinski definition) is 3. The Labute approximate surface area is 128 Å². The fourth-order valence-electron chi connectivity index (χ4n) is 2.19. The van der Waals surface area contributed by atoms with Crippen molar-refractivity contribution >= 4 is 29.2 Å². The quantitative estimate of drug-likeness (QED) is 0.792. The van der Waals surface area contributed by atoms with Crippen molar-refractivity contribution in [2.75, 3.05) is 23.8 Å². The molecule has 1 fully saturated rings. The molecule has 0 bridgehead atoms. The van der Waals surface area contributed by atoms with E-state index in [1.807, 2.05) is 0 Å². The number of carbonyl (C=O) groups excluding carboxylic acids is 3. The number of urea groups is 1. The molecule has 1 unspecified atom stereocenters. The van der Waals surface area contributed by atoms with Crippen molar-refractivity contribution in [1.29, 1.82) is 0 Å². The van der Waals surface area contributed by atoms with E-state index in [0.29, 0.717) is 24.6 Å². The third-order valence-electron chi connectivity index (χ3n) is 3.21. The maximum absolute atomic E-state index is 12.1. The monoisotopic (exact) mass is 305 g/mol. The summed E-state index contributed by atoms with van der Waals surface area (Å²) < 4.78 is 5.30. The first-order valence-corrected chi connectivity index (χ1v) is 7.12. The van der Waals surface area contributed by atoms with Crippen LogP contribution in [-0.2, 0) is 14.3 Å². The van der Waals surface area contributed by atoms with Gasteiger partial charge in [0.05, 0.1) is 12.5 Å². The van der Waals surface area contributed by atoms with E-state index in [1.54, 1.807) is 24.3 Å². The van der Waals surface area contributed by atoms with Gasteiger partial charge in [-0.05, 0) is 31.0 Å². The van der Waals surface area contributed by atoms with Crippen molar-refractivity contribution in [2.24, 2.45) is 5.92 Å². The normalized spacial score (nSPS) is 17.4. The number of benzene rings is 1. The predicted octanol–water partition coefficient (Wildman–Crippen LogP) is 1.72. The molecule has 1 saturated heterocycles. The van der Waals surface area contributed by atoms with Crippen LogP contribution in [0.3, 0.4) is 0 Å². The summed E-state index contributed by atoms with van der Waals surface area (Å²) in [6.45, 7) is 2.39. The minimum absolute atomic E-state index is 0.0926. The van der Waals surface area contributed by atoms with Crippen LogP contribution < -0.4 is 16.0 Å². The van der Waals surface area contributed by atoms with Gasteiger partial charge in [0.1, 0.15) is 0 Å². The summed E-state index contributed by atoms with van der Waals surface area (Å²) in [6, 6.07) is 6.11. The summed E-state index contributed by atoms with van der Waals surface area (Å²) in [5.74, 6) is -0.685. The van der Waals surface area contributed by atoms with Gasteiger partial charge in [-0.25, -0.2) is 4.79 Å². The second-order valence-corrected chi connectivity index (χ2v) is 5.12. The number of hydrogen-bond acceptors (Lipinski definition) is 4.